The first-order valence-corrected chi connectivity index (χ1v) is 13.0. The van der Waals surface area contributed by atoms with Crippen LogP contribution in [0.15, 0.2) is 12.1 Å². The Balaban J connectivity index is 1.52. The molecule has 1 aromatic carbocycles. The van der Waals surface area contributed by atoms with E-state index in [1.54, 1.807) is 26.8 Å². The van der Waals surface area contributed by atoms with Crippen LogP contribution in [-0.4, -0.2) is 41.6 Å². The van der Waals surface area contributed by atoms with Crippen LogP contribution in [0.3, 0.4) is 0 Å². The molecule has 1 saturated heterocycles. The smallest absolute Gasteiger partial charge is 0.329 e. The molecule has 5 nitrogen and oxygen atoms in total. The molecule has 2 saturated carbocycles. The van der Waals surface area contributed by atoms with Crippen LogP contribution in [0.5, 0.6) is 5.75 Å². The highest BCUT2D eigenvalue weighted by molar-refractivity contribution is 5.98. The van der Waals surface area contributed by atoms with Gasteiger partial charge in [-0.15, -0.1) is 0 Å². The van der Waals surface area contributed by atoms with E-state index in [2.05, 4.69) is 13.8 Å². The normalized spacial score (nSPS) is 27.5. The first-order chi connectivity index (χ1) is 16.0. The number of rotatable bonds is 6. The van der Waals surface area contributed by atoms with E-state index >= 15 is 4.39 Å². The average molecular weight is 474 g/mol. The molecule has 3 aliphatic rings. The molecule has 34 heavy (non-hydrogen) atoms. The zero-order chi connectivity index (χ0) is 24.7. The van der Waals surface area contributed by atoms with Crippen LogP contribution in [0, 0.1) is 17.2 Å². The molecule has 0 bridgehead atoms. The summed E-state index contributed by atoms with van der Waals surface area (Å²) in [5.74, 6) is 0.196. The van der Waals surface area contributed by atoms with E-state index in [4.69, 9.17) is 9.47 Å². The summed E-state index contributed by atoms with van der Waals surface area (Å²) < 4.78 is 27.0. The maximum Gasteiger partial charge on any atom is 0.329 e. The van der Waals surface area contributed by atoms with E-state index in [1.807, 2.05) is 0 Å². The van der Waals surface area contributed by atoms with E-state index in [9.17, 15) is 9.59 Å². The quantitative estimate of drug-likeness (QED) is 0.459. The third-order valence-electron chi connectivity index (χ3n) is 7.60. The van der Waals surface area contributed by atoms with Gasteiger partial charge < -0.3 is 14.4 Å². The van der Waals surface area contributed by atoms with Gasteiger partial charge in [-0.1, -0.05) is 26.7 Å². The van der Waals surface area contributed by atoms with Crippen molar-refractivity contribution in [3.05, 3.63) is 29.1 Å². The Labute approximate surface area is 203 Å². The Hall–Kier alpha value is -2.11. The standard InChI is InChI=1S/C28H40FNO4/c1-18-10-12-28(5,13-11-18)17-33-24-16-22(29)21(15-20(24)19-8-9-19)25(31)30-14-6-7-23(30)26(32)34-27(2,3)4/h15-16,18-19,23H,6-14,17H2,1-5H3/t18-,23-,28+/m0/s1. The van der Waals surface area contributed by atoms with Crippen LogP contribution in [0.25, 0.3) is 0 Å². The highest BCUT2D eigenvalue weighted by atomic mass is 19.1. The van der Waals surface area contributed by atoms with Gasteiger partial charge in [-0.3, -0.25) is 4.79 Å². The molecule has 0 unspecified atom stereocenters. The van der Waals surface area contributed by atoms with Crippen molar-refractivity contribution in [3.8, 4) is 5.75 Å². The molecule has 3 fully saturated rings. The van der Waals surface area contributed by atoms with E-state index in [-0.39, 0.29) is 11.0 Å². The van der Waals surface area contributed by atoms with Gasteiger partial charge in [0.25, 0.3) is 5.91 Å². The van der Waals surface area contributed by atoms with Crippen molar-refractivity contribution < 1.29 is 23.5 Å². The van der Waals surface area contributed by atoms with Gasteiger partial charge in [0.15, 0.2) is 0 Å². The molecule has 1 amide bonds. The van der Waals surface area contributed by atoms with Crippen molar-refractivity contribution in [1.29, 1.82) is 0 Å². The van der Waals surface area contributed by atoms with Gasteiger partial charge in [0.2, 0.25) is 0 Å². The molecule has 0 radical (unpaired) electrons. The lowest BCUT2D eigenvalue weighted by atomic mass is 9.73. The fourth-order valence-corrected chi connectivity index (χ4v) is 5.21. The molecule has 2 aliphatic carbocycles. The number of amides is 1. The lowest BCUT2D eigenvalue weighted by molar-refractivity contribution is -0.159. The minimum atomic E-state index is -0.667. The molecular weight excluding hydrogens is 433 g/mol. The maximum atomic E-state index is 15.3. The third kappa shape index (κ3) is 5.75. The van der Waals surface area contributed by atoms with E-state index in [0.29, 0.717) is 37.7 Å². The molecule has 1 aliphatic heterocycles. The number of hydrogen-bond acceptors (Lipinski definition) is 4. The number of carbonyl (C=O) groups is 2. The lowest BCUT2D eigenvalue weighted by Gasteiger charge is -2.36. The number of nitrogens with zero attached hydrogens (tertiary/aromatic N) is 1. The second-order valence-electron chi connectivity index (χ2n) is 12.1. The largest absolute Gasteiger partial charge is 0.493 e. The van der Waals surface area contributed by atoms with Gasteiger partial charge >= 0.3 is 5.97 Å². The van der Waals surface area contributed by atoms with Crippen molar-refractivity contribution in [2.75, 3.05) is 13.2 Å². The minimum absolute atomic E-state index is 0.0300. The average Bonchev–Trinajstić information content (AvgIpc) is 3.48. The SMILES string of the molecule is CC(C)(C)OC(=O)[C@@H]1CCCN1C(=O)c1cc(C2CC2)c(OC[C@]2(C)CC[C@H](C)CC2)cc1F. The predicted octanol–water partition coefficient (Wildman–Crippen LogP) is 6.24. The summed E-state index contributed by atoms with van der Waals surface area (Å²) in [6.07, 6.45) is 7.92. The number of ether oxygens (including phenoxy) is 2. The van der Waals surface area contributed by atoms with Crippen molar-refractivity contribution in [2.24, 2.45) is 11.3 Å². The number of halogens is 1. The first-order valence-electron chi connectivity index (χ1n) is 13.0. The summed E-state index contributed by atoms with van der Waals surface area (Å²) in [7, 11) is 0. The lowest BCUT2D eigenvalue weighted by Crippen LogP contribution is -2.43. The van der Waals surface area contributed by atoms with Crippen LogP contribution < -0.4 is 4.74 Å². The van der Waals surface area contributed by atoms with E-state index < -0.39 is 29.3 Å². The fourth-order valence-electron chi connectivity index (χ4n) is 5.21. The van der Waals surface area contributed by atoms with Crippen LogP contribution in [0.2, 0.25) is 0 Å². The Morgan fingerprint density at radius 3 is 2.41 bits per heavy atom. The van der Waals surface area contributed by atoms with Crippen molar-refractivity contribution >= 4 is 11.9 Å². The molecule has 1 atom stereocenters. The second-order valence-corrected chi connectivity index (χ2v) is 12.1. The first kappa shape index (κ1) is 25.0. The number of benzene rings is 1. The molecule has 0 aromatic heterocycles. The fraction of sp³-hybridized carbons (Fsp3) is 0.714. The molecule has 6 heteroatoms. The summed E-state index contributed by atoms with van der Waals surface area (Å²) in [6.45, 7) is 11.0. The van der Waals surface area contributed by atoms with Gasteiger partial charge in [-0.25, -0.2) is 9.18 Å². The van der Waals surface area contributed by atoms with Gasteiger partial charge in [-0.05, 0) is 82.8 Å². The van der Waals surface area contributed by atoms with E-state index in [1.165, 1.54) is 23.8 Å². The summed E-state index contributed by atoms with van der Waals surface area (Å²) in [6, 6.07) is 2.41. The summed E-state index contributed by atoms with van der Waals surface area (Å²) in [5, 5.41) is 0. The predicted molar refractivity (Wildman–Crippen MR) is 130 cm³/mol. The van der Waals surface area contributed by atoms with Crippen LogP contribution in [-0.2, 0) is 9.53 Å². The Morgan fingerprint density at radius 1 is 1.12 bits per heavy atom. The van der Waals surface area contributed by atoms with Gasteiger partial charge in [-0.2, -0.15) is 0 Å². The zero-order valence-electron chi connectivity index (χ0n) is 21.4. The van der Waals surface area contributed by atoms with Crippen LogP contribution in [0.1, 0.15) is 108 Å². The minimum Gasteiger partial charge on any atom is -0.493 e. The Kier molecular flexibility index (Phi) is 6.99. The number of likely N-dealkylation sites (tertiary alicyclic amines) is 1. The molecule has 0 spiro atoms. The van der Waals surface area contributed by atoms with Crippen molar-refractivity contribution in [3.63, 3.8) is 0 Å². The molecule has 1 aromatic rings. The van der Waals surface area contributed by atoms with Crippen molar-refractivity contribution in [2.45, 2.75) is 104 Å². The van der Waals surface area contributed by atoms with Gasteiger partial charge in [0, 0.05) is 18.0 Å². The van der Waals surface area contributed by atoms with Gasteiger partial charge in [0.05, 0.1) is 12.2 Å². The second kappa shape index (κ2) is 9.50. The Morgan fingerprint density at radius 2 is 1.79 bits per heavy atom. The molecular formula is C28H40FNO4. The maximum absolute atomic E-state index is 15.3. The van der Waals surface area contributed by atoms with Crippen LogP contribution >= 0.6 is 0 Å². The highest BCUT2D eigenvalue weighted by Gasteiger charge is 2.39. The molecule has 0 N–H and O–H groups in total. The number of esters is 1. The monoisotopic (exact) mass is 473 g/mol. The molecule has 188 valence electrons. The van der Waals surface area contributed by atoms with Crippen LogP contribution in [0.4, 0.5) is 4.39 Å². The zero-order valence-corrected chi connectivity index (χ0v) is 21.4. The summed E-state index contributed by atoms with van der Waals surface area (Å²) in [4.78, 5) is 27.5. The number of carbonyl (C=O) groups excluding carboxylic acids is 2. The van der Waals surface area contributed by atoms with E-state index in [0.717, 1.165) is 37.2 Å². The summed E-state index contributed by atoms with van der Waals surface area (Å²) in [5.41, 5.74) is 0.423. The van der Waals surface area contributed by atoms with Gasteiger partial charge in [0.1, 0.15) is 23.2 Å². The third-order valence-corrected chi connectivity index (χ3v) is 7.60. The number of hydrogen-bond donors (Lipinski definition) is 0. The summed E-state index contributed by atoms with van der Waals surface area (Å²) >= 11 is 0. The van der Waals surface area contributed by atoms with Crippen molar-refractivity contribution in [1.82, 2.24) is 4.90 Å². The highest BCUT2D eigenvalue weighted by Crippen LogP contribution is 2.46. The molecule has 4 rings (SSSR count). The topological polar surface area (TPSA) is 55.8 Å². The Bertz CT molecular complexity index is 925. The molecule has 1 heterocycles.